The molecule has 0 unspecified atom stereocenters. The van der Waals surface area contributed by atoms with E-state index >= 15 is 0 Å². The fraction of sp³-hybridized carbons (Fsp3) is 0.708. The number of esters is 3. The van der Waals surface area contributed by atoms with Crippen molar-refractivity contribution in [1.82, 2.24) is 0 Å². The molecule has 188 valence electrons. The number of hydrogen-bond donors (Lipinski definition) is 2. The summed E-state index contributed by atoms with van der Waals surface area (Å²) in [4.78, 5) is 37.7. The van der Waals surface area contributed by atoms with E-state index in [1.54, 1.807) is 13.0 Å². The van der Waals surface area contributed by atoms with Gasteiger partial charge in [-0.25, -0.2) is 0 Å². The Morgan fingerprint density at radius 2 is 2.03 bits per heavy atom. The molecular formula is C24H31ClO9. The fourth-order valence-corrected chi connectivity index (χ4v) is 7.23. The van der Waals surface area contributed by atoms with Crippen molar-refractivity contribution in [2.24, 2.45) is 22.7 Å². The lowest BCUT2D eigenvalue weighted by Gasteiger charge is -2.65. The summed E-state index contributed by atoms with van der Waals surface area (Å²) in [5, 5.41) is 23.6. The van der Waals surface area contributed by atoms with E-state index in [0.717, 1.165) is 0 Å². The molecule has 1 aliphatic heterocycles. The van der Waals surface area contributed by atoms with Crippen LogP contribution < -0.4 is 0 Å². The van der Waals surface area contributed by atoms with E-state index in [0.29, 0.717) is 18.4 Å². The van der Waals surface area contributed by atoms with Crippen LogP contribution in [0.2, 0.25) is 0 Å². The molecule has 2 aliphatic carbocycles. The average molecular weight is 499 g/mol. The topological polar surface area (TPSA) is 132 Å². The number of aliphatic hydroxyl groups excluding tert-OH is 1. The van der Waals surface area contributed by atoms with Gasteiger partial charge in [-0.05, 0) is 24.8 Å². The third-order valence-corrected chi connectivity index (χ3v) is 8.88. The number of alkyl halides is 1. The van der Waals surface area contributed by atoms with Crippen LogP contribution in [0.3, 0.4) is 0 Å². The molecule has 4 rings (SSSR count). The van der Waals surface area contributed by atoms with Crippen molar-refractivity contribution in [2.75, 3.05) is 12.5 Å². The van der Waals surface area contributed by atoms with E-state index in [2.05, 4.69) is 0 Å². The summed E-state index contributed by atoms with van der Waals surface area (Å²) in [6.07, 6.45) is 1.23. The molecule has 0 aromatic carbocycles. The first-order chi connectivity index (χ1) is 16.0. The van der Waals surface area contributed by atoms with Gasteiger partial charge in [0.2, 0.25) is 0 Å². The Balaban J connectivity index is 1.92. The lowest BCUT2D eigenvalue weighted by molar-refractivity contribution is -0.290. The third-order valence-electron chi connectivity index (χ3n) is 8.44. The lowest BCUT2D eigenvalue weighted by atomic mass is 9.41. The molecule has 0 amide bonds. The molecule has 1 aromatic heterocycles. The van der Waals surface area contributed by atoms with Gasteiger partial charge in [-0.3, -0.25) is 14.4 Å². The predicted molar refractivity (Wildman–Crippen MR) is 117 cm³/mol. The van der Waals surface area contributed by atoms with Gasteiger partial charge in [-0.15, -0.1) is 11.6 Å². The molecule has 8 atom stereocenters. The van der Waals surface area contributed by atoms with Gasteiger partial charge < -0.3 is 28.8 Å². The maximum atomic E-state index is 13.7. The van der Waals surface area contributed by atoms with Crippen LogP contribution in [0.25, 0.3) is 0 Å². The molecule has 1 spiro atoms. The molecule has 2 heterocycles. The first kappa shape index (κ1) is 25.0. The molecule has 1 saturated heterocycles. The molecule has 9 nitrogen and oxygen atoms in total. The first-order valence-corrected chi connectivity index (χ1v) is 12.1. The van der Waals surface area contributed by atoms with Crippen molar-refractivity contribution < 1.29 is 43.2 Å². The van der Waals surface area contributed by atoms with Crippen LogP contribution in [0, 0.1) is 22.7 Å². The van der Waals surface area contributed by atoms with Crippen LogP contribution in [-0.2, 0) is 28.6 Å². The molecule has 3 aliphatic rings. The largest absolute Gasteiger partial charge is 0.472 e. The van der Waals surface area contributed by atoms with Crippen LogP contribution in [0.15, 0.2) is 23.0 Å². The second-order valence-corrected chi connectivity index (χ2v) is 10.2. The van der Waals surface area contributed by atoms with Crippen molar-refractivity contribution in [3.05, 3.63) is 24.2 Å². The number of ether oxygens (including phenoxy) is 3. The number of fused-ring (bicyclic) bond motifs is 2. The van der Waals surface area contributed by atoms with Gasteiger partial charge in [0, 0.05) is 31.7 Å². The molecular weight excluding hydrogens is 468 g/mol. The Morgan fingerprint density at radius 1 is 1.29 bits per heavy atom. The molecule has 2 N–H and O–H groups in total. The second kappa shape index (κ2) is 8.84. The normalized spacial score (nSPS) is 41.6. The van der Waals surface area contributed by atoms with Crippen molar-refractivity contribution in [2.45, 2.75) is 70.4 Å². The van der Waals surface area contributed by atoms with Crippen molar-refractivity contribution in [3.63, 3.8) is 0 Å². The Hall–Kier alpha value is -2.10. The van der Waals surface area contributed by atoms with Gasteiger partial charge in [0.15, 0.2) is 0 Å². The van der Waals surface area contributed by atoms with Crippen molar-refractivity contribution >= 4 is 29.5 Å². The van der Waals surface area contributed by atoms with Crippen molar-refractivity contribution in [1.29, 1.82) is 0 Å². The van der Waals surface area contributed by atoms with E-state index < -0.39 is 64.5 Å². The molecule has 2 saturated carbocycles. The summed E-state index contributed by atoms with van der Waals surface area (Å²) < 4.78 is 22.0. The quantitative estimate of drug-likeness (QED) is 0.357. The van der Waals surface area contributed by atoms with E-state index in [-0.39, 0.29) is 25.3 Å². The standard InChI is InChI=1S/C24H31ClO9/c1-13-19(33-15(3)27)20(28)24(12-32-14(2)26)18(5-4-7-22(24,30)11-25)23(13)9-17(34-21(23)29)16-6-8-31-10-16/h6,8,10,13,17-20,28,30H,4-5,7,9,11-12H2,1-3H3/t13-,17+,18-,19+,20+,22+,23-,24+/m1/s1. The number of aliphatic hydroxyl groups is 2. The number of halogens is 1. The van der Waals surface area contributed by atoms with E-state index in [9.17, 15) is 24.6 Å². The van der Waals surface area contributed by atoms with E-state index in [1.165, 1.54) is 26.4 Å². The number of cyclic esters (lactones) is 1. The van der Waals surface area contributed by atoms with Crippen molar-refractivity contribution in [3.8, 4) is 0 Å². The minimum atomic E-state index is -1.69. The zero-order valence-electron chi connectivity index (χ0n) is 19.5. The van der Waals surface area contributed by atoms with Crippen LogP contribution in [-0.4, -0.2) is 58.4 Å². The van der Waals surface area contributed by atoms with Gasteiger partial charge in [0.25, 0.3) is 0 Å². The average Bonchev–Trinajstić information content (AvgIpc) is 3.43. The predicted octanol–water partition coefficient (Wildman–Crippen LogP) is 2.52. The SMILES string of the molecule is CC(=O)OC[C@@]12[C@H](CCC[C@]1(O)CCl)[C@@]1(C[C@@H](c3ccoc3)OC1=O)[C@H](C)[C@H](OC(C)=O)[C@@H]2O. The van der Waals surface area contributed by atoms with Crippen LogP contribution in [0.5, 0.6) is 0 Å². The minimum Gasteiger partial charge on any atom is -0.472 e. The van der Waals surface area contributed by atoms with Gasteiger partial charge >= 0.3 is 17.9 Å². The van der Waals surface area contributed by atoms with Gasteiger partial charge in [0.05, 0.1) is 34.8 Å². The Morgan fingerprint density at radius 3 is 2.62 bits per heavy atom. The minimum absolute atomic E-state index is 0.224. The summed E-state index contributed by atoms with van der Waals surface area (Å²) in [5.74, 6) is -3.33. The Labute approximate surface area is 202 Å². The monoisotopic (exact) mass is 498 g/mol. The number of furan rings is 1. The highest BCUT2D eigenvalue weighted by Crippen LogP contribution is 2.68. The molecule has 3 fully saturated rings. The maximum Gasteiger partial charge on any atom is 0.313 e. The van der Waals surface area contributed by atoms with Crippen LogP contribution >= 0.6 is 11.6 Å². The zero-order valence-corrected chi connectivity index (χ0v) is 20.2. The number of hydrogen-bond acceptors (Lipinski definition) is 9. The Bertz CT molecular complexity index is 948. The number of rotatable bonds is 5. The number of carbonyl (C=O) groups excluding carboxylic acids is 3. The highest BCUT2D eigenvalue weighted by atomic mass is 35.5. The van der Waals surface area contributed by atoms with Gasteiger partial charge in [0.1, 0.15) is 24.9 Å². The molecule has 34 heavy (non-hydrogen) atoms. The summed E-state index contributed by atoms with van der Waals surface area (Å²) in [6.45, 7) is 3.81. The smallest absolute Gasteiger partial charge is 0.313 e. The Kier molecular flexibility index (Phi) is 6.50. The summed E-state index contributed by atoms with van der Waals surface area (Å²) in [7, 11) is 0. The molecule has 1 aromatic rings. The summed E-state index contributed by atoms with van der Waals surface area (Å²) >= 11 is 6.30. The number of carbonyl (C=O) groups is 3. The van der Waals surface area contributed by atoms with Crippen LogP contribution in [0.4, 0.5) is 0 Å². The second-order valence-electron chi connectivity index (χ2n) is 9.93. The summed E-state index contributed by atoms with van der Waals surface area (Å²) in [5.41, 5.74) is -3.80. The fourth-order valence-electron chi connectivity index (χ4n) is 6.85. The van der Waals surface area contributed by atoms with E-state index in [4.69, 9.17) is 30.2 Å². The molecule has 10 heteroatoms. The first-order valence-electron chi connectivity index (χ1n) is 11.5. The highest BCUT2D eigenvalue weighted by Gasteiger charge is 2.76. The van der Waals surface area contributed by atoms with Crippen LogP contribution in [0.1, 0.15) is 58.1 Å². The van der Waals surface area contributed by atoms with Gasteiger partial charge in [-0.2, -0.15) is 0 Å². The third kappa shape index (κ3) is 3.46. The maximum absolute atomic E-state index is 13.7. The molecule has 0 bridgehead atoms. The summed E-state index contributed by atoms with van der Waals surface area (Å²) in [6, 6.07) is 1.71. The zero-order chi connectivity index (χ0) is 24.9. The van der Waals surface area contributed by atoms with Gasteiger partial charge in [-0.1, -0.05) is 13.3 Å². The highest BCUT2D eigenvalue weighted by molar-refractivity contribution is 6.18. The lowest BCUT2D eigenvalue weighted by Crippen LogP contribution is -2.75. The molecule has 0 radical (unpaired) electrons. The van der Waals surface area contributed by atoms with E-state index in [1.807, 2.05) is 0 Å².